The molecule has 0 aliphatic rings. The predicted octanol–water partition coefficient (Wildman–Crippen LogP) is 2.28. The smallest absolute Gasteiger partial charge is 0.141 e. The summed E-state index contributed by atoms with van der Waals surface area (Å²) in [6.45, 7) is 1.91. The minimum atomic E-state index is 0.193. The predicted molar refractivity (Wildman–Crippen MR) is 50.5 cm³/mol. The first-order chi connectivity index (χ1) is 5.75. The van der Waals surface area contributed by atoms with Gasteiger partial charge in [0.25, 0.3) is 0 Å². The van der Waals surface area contributed by atoms with Crippen molar-refractivity contribution in [2.75, 3.05) is 0 Å². The topological polar surface area (TPSA) is 46.2 Å². The molecule has 0 saturated heterocycles. The molecule has 0 atom stereocenters. The van der Waals surface area contributed by atoms with Gasteiger partial charge in [-0.05, 0) is 6.42 Å². The lowest BCUT2D eigenvalue weighted by Gasteiger charge is -2.03. The first-order valence-electron chi connectivity index (χ1n) is 3.98. The maximum Gasteiger partial charge on any atom is 0.141 e. The van der Waals surface area contributed by atoms with E-state index in [1.54, 1.807) is 0 Å². The Bertz CT molecular complexity index is 277. The molecule has 0 aliphatic heterocycles. The number of hydrogen-bond donors (Lipinski definition) is 2. The average molecular weight is 163 g/mol. The first kappa shape index (κ1) is 8.65. The van der Waals surface area contributed by atoms with Gasteiger partial charge in [0.1, 0.15) is 5.76 Å². The van der Waals surface area contributed by atoms with Crippen LogP contribution in [0.4, 0.5) is 0 Å². The molecule has 2 nitrogen and oxygen atoms in total. The molecule has 64 valence electrons. The summed E-state index contributed by atoms with van der Waals surface area (Å²) in [7, 11) is 0. The Morgan fingerprint density at radius 3 is 2.42 bits per heavy atom. The van der Waals surface area contributed by atoms with E-state index in [2.05, 4.69) is 0 Å². The maximum absolute atomic E-state index is 9.54. The van der Waals surface area contributed by atoms with Crippen molar-refractivity contribution in [3.05, 3.63) is 41.6 Å². The third-order valence-corrected chi connectivity index (χ3v) is 1.73. The van der Waals surface area contributed by atoms with Gasteiger partial charge in [-0.15, -0.1) is 0 Å². The van der Waals surface area contributed by atoms with Crippen molar-refractivity contribution in [1.82, 2.24) is 0 Å². The third-order valence-electron chi connectivity index (χ3n) is 1.73. The minimum absolute atomic E-state index is 0.193. The van der Waals surface area contributed by atoms with Crippen molar-refractivity contribution in [1.29, 1.82) is 0 Å². The van der Waals surface area contributed by atoms with E-state index in [9.17, 15) is 5.11 Å². The summed E-state index contributed by atoms with van der Waals surface area (Å²) in [6.07, 6.45) is 0.667. The van der Waals surface area contributed by atoms with Crippen LogP contribution in [0.1, 0.15) is 18.9 Å². The molecule has 1 rings (SSSR count). The summed E-state index contributed by atoms with van der Waals surface area (Å²) in [5.41, 5.74) is 6.88. The maximum atomic E-state index is 9.54. The van der Waals surface area contributed by atoms with Crippen LogP contribution in [0.25, 0.3) is 5.76 Å². The van der Waals surface area contributed by atoms with E-state index in [0.717, 1.165) is 5.56 Å². The Hall–Kier alpha value is -1.44. The van der Waals surface area contributed by atoms with Gasteiger partial charge >= 0.3 is 0 Å². The van der Waals surface area contributed by atoms with Crippen LogP contribution in [0, 0.1) is 0 Å². The van der Waals surface area contributed by atoms with Crippen LogP contribution in [-0.4, -0.2) is 5.11 Å². The fraction of sp³-hybridized carbons (Fsp3) is 0.200. The summed E-state index contributed by atoms with van der Waals surface area (Å²) in [5, 5.41) is 9.54. The number of benzene rings is 1. The Kier molecular flexibility index (Phi) is 2.75. The van der Waals surface area contributed by atoms with Crippen molar-refractivity contribution in [3.8, 4) is 0 Å². The highest BCUT2D eigenvalue weighted by atomic mass is 16.3. The fourth-order valence-corrected chi connectivity index (χ4v) is 0.949. The average Bonchev–Trinajstić information content (AvgIpc) is 2.17. The zero-order chi connectivity index (χ0) is 8.97. The van der Waals surface area contributed by atoms with Gasteiger partial charge in [-0.3, -0.25) is 0 Å². The standard InChI is InChI=1S/C10H13NO/c1-2-9(11)10(12)8-6-4-3-5-7-8/h3-7,12H,2,11H2,1H3/b10-9-. The van der Waals surface area contributed by atoms with E-state index in [0.29, 0.717) is 12.1 Å². The van der Waals surface area contributed by atoms with E-state index in [1.807, 2.05) is 37.3 Å². The molecule has 0 radical (unpaired) electrons. The second kappa shape index (κ2) is 3.81. The molecule has 3 N–H and O–H groups in total. The summed E-state index contributed by atoms with van der Waals surface area (Å²) in [6, 6.07) is 9.30. The van der Waals surface area contributed by atoms with Gasteiger partial charge < -0.3 is 10.8 Å². The van der Waals surface area contributed by atoms with E-state index in [1.165, 1.54) is 0 Å². The largest absolute Gasteiger partial charge is 0.506 e. The summed E-state index contributed by atoms with van der Waals surface area (Å²) >= 11 is 0. The number of aliphatic hydroxyl groups excluding tert-OH is 1. The molecule has 0 heterocycles. The first-order valence-corrected chi connectivity index (χ1v) is 3.98. The van der Waals surface area contributed by atoms with Crippen LogP contribution in [0.15, 0.2) is 36.0 Å². The van der Waals surface area contributed by atoms with Crippen LogP contribution in [0.5, 0.6) is 0 Å². The SMILES string of the molecule is CC/C(N)=C(/O)c1ccccc1. The van der Waals surface area contributed by atoms with Crippen molar-refractivity contribution < 1.29 is 5.11 Å². The highest BCUT2D eigenvalue weighted by Gasteiger charge is 2.00. The molecule has 0 aliphatic carbocycles. The van der Waals surface area contributed by atoms with Gasteiger partial charge in [-0.2, -0.15) is 0 Å². The lowest BCUT2D eigenvalue weighted by molar-refractivity contribution is 0.503. The molecular weight excluding hydrogens is 150 g/mol. The molecule has 0 unspecified atom stereocenters. The van der Waals surface area contributed by atoms with Gasteiger partial charge in [0, 0.05) is 5.56 Å². The summed E-state index contributed by atoms with van der Waals surface area (Å²) in [5.74, 6) is 0.193. The van der Waals surface area contributed by atoms with E-state index in [-0.39, 0.29) is 5.76 Å². The summed E-state index contributed by atoms with van der Waals surface area (Å²) < 4.78 is 0. The quantitative estimate of drug-likeness (QED) is 0.657. The zero-order valence-electron chi connectivity index (χ0n) is 7.12. The number of rotatable bonds is 2. The van der Waals surface area contributed by atoms with Gasteiger partial charge in [0.2, 0.25) is 0 Å². The number of nitrogens with two attached hydrogens (primary N) is 1. The molecular formula is C10H13NO. The van der Waals surface area contributed by atoms with Crippen LogP contribution < -0.4 is 5.73 Å². The highest BCUT2D eigenvalue weighted by molar-refractivity contribution is 5.60. The molecule has 0 fully saturated rings. The molecule has 1 aromatic rings. The van der Waals surface area contributed by atoms with Crippen LogP contribution in [-0.2, 0) is 0 Å². The van der Waals surface area contributed by atoms with Gasteiger partial charge in [0.05, 0.1) is 5.70 Å². The van der Waals surface area contributed by atoms with Crippen molar-refractivity contribution in [2.45, 2.75) is 13.3 Å². The Balaban J connectivity index is 3.00. The van der Waals surface area contributed by atoms with Crippen molar-refractivity contribution >= 4 is 5.76 Å². The lowest BCUT2D eigenvalue weighted by atomic mass is 10.1. The lowest BCUT2D eigenvalue weighted by Crippen LogP contribution is -2.00. The van der Waals surface area contributed by atoms with Gasteiger partial charge in [0.15, 0.2) is 0 Å². The van der Waals surface area contributed by atoms with E-state index in [4.69, 9.17) is 5.73 Å². The molecule has 12 heavy (non-hydrogen) atoms. The fourth-order valence-electron chi connectivity index (χ4n) is 0.949. The van der Waals surface area contributed by atoms with Crippen molar-refractivity contribution in [3.63, 3.8) is 0 Å². The van der Waals surface area contributed by atoms with Crippen molar-refractivity contribution in [2.24, 2.45) is 5.73 Å². The molecule has 2 heteroatoms. The summed E-state index contributed by atoms with van der Waals surface area (Å²) in [4.78, 5) is 0. The van der Waals surface area contributed by atoms with Crippen LogP contribution in [0.2, 0.25) is 0 Å². The number of hydrogen-bond acceptors (Lipinski definition) is 2. The zero-order valence-corrected chi connectivity index (χ0v) is 7.12. The normalized spacial score (nSPS) is 12.4. The second-order valence-corrected chi connectivity index (χ2v) is 2.59. The monoisotopic (exact) mass is 163 g/mol. The van der Waals surface area contributed by atoms with E-state index >= 15 is 0 Å². The Labute approximate surface area is 72.3 Å². The molecule has 1 aromatic carbocycles. The van der Waals surface area contributed by atoms with Gasteiger partial charge in [-0.25, -0.2) is 0 Å². The Morgan fingerprint density at radius 1 is 1.33 bits per heavy atom. The van der Waals surface area contributed by atoms with Gasteiger partial charge in [-0.1, -0.05) is 37.3 Å². The third kappa shape index (κ3) is 1.78. The van der Waals surface area contributed by atoms with E-state index < -0.39 is 0 Å². The molecule has 0 saturated carbocycles. The Morgan fingerprint density at radius 2 is 1.92 bits per heavy atom. The minimum Gasteiger partial charge on any atom is -0.506 e. The van der Waals surface area contributed by atoms with Crippen LogP contribution in [0.3, 0.4) is 0 Å². The molecule has 0 aromatic heterocycles. The molecule has 0 amide bonds. The molecule has 0 spiro atoms. The number of aliphatic hydroxyl groups is 1. The highest BCUT2D eigenvalue weighted by Crippen LogP contribution is 2.13. The molecule has 0 bridgehead atoms. The number of allylic oxidation sites excluding steroid dienone is 1. The second-order valence-electron chi connectivity index (χ2n) is 2.59. The van der Waals surface area contributed by atoms with Crippen LogP contribution >= 0.6 is 0 Å².